The first kappa shape index (κ1) is 9.94. The molecule has 80 valence electrons. The minimum absolute atomic E-state index is 1.05. The third kappa shape index (κ3) is 1.46. The zero-order chi connectivity index (χ0) is 11.0. The van der Waals surface area contributed by atoms with E-state index in [2.05, 4.69) is 42.5 Å². The van der Waals surface area contributed by atoms with Gasteiger partial charge < -0.3 is 4.18 Å². The van der Waals surface area contributed by atoms with Crippen molar-refractivity contribution in [3.8, 4) is 11.1 Å². The van der Waals surface area contributed by atoms with Crippen molar-refractivity contribution in [1.29, 1.82) is 0 Å². The molecule has 2 aromatic carbocycles. The van der Waals surface area contributed by atoms with Crippen molar-refractivity contribution in [3.63, 3.8) is 0 Å². The van der Waals surface area contributed by atoms with Crippen LogP contribution in [0.1, 0.15) is 11.1 Å². The molecule has 0 bridgehead atoms. The zero-order valence-corrected chi connectivity index (χ0v) is 9.88. The Labute approximate surface area is 99.7 Å². The molecule has 0 amide bonds. The van der Waals surface area contributed by atoms with E-state index < -0.39 is 0 Å². The lowest BCUT2D eigenvalue weighted by molar-refractivity contribution is 0.490. The molecule has 0 saturated carbocycles. The summed E-state index contributed by atoms with van der Waals surface area (Å²) in [6.07, 6.45) is 1.05. The summed E-state index contributed by atoms with van der Waals surface area (Å²) in [6, 6.07) is 15.0. The van der Waals surface area contributed by atoms with Crippen molar-refractivity contribution in [2.24, 2.45) is 0 Å². The molecule has 0 radical (unpaired) electrons. The highest BCUT2D eigenvalue weighted by molar-refractivity contribution is 7.94. The summed E-state index contributed by atoms with van der Waals surface area (Å²) in [5.74, 6) is 0. The van der Waals surface area contributed by atoms with Gasteiger partial charge in [-0.2, -0.15) is 0 Å². The van der Waals surface area contributed by atoms with Crippen molar-refractivity contribution in [2.45, 2.75) is 11.3 Å². The van der Waals surface area contributed by atoms with Gasteiger partial charge in [-0.1, -0.05) is 36.4 Å². The van der Waals surface area contributed by atoms with Crippen LogP contribution in [0.15, 0.2) is 47.4 Å². The van der Waals surface area contributed by atoms with E-state index in [-0.39, 0.29) is 0 Å². The molecule has 0 unspecified atom stereocenters. The van der Waals surface area contributed by atoms with E-state index in [9.17, 15) is 0 Å². The van der Waals surface area contributed by atoms with Gasteiger partial charge in [-0.05, 0) is 29.2 Å². The van der Waals surface area contributed by atoms with E-state index in [4.69, 9.17) is 4.18 Å². The van der Waals surface area contributed by atoms with Gasteiger partial charge in [0.15, 0.2) is 0 Å². The molecule has 1 aliphatic rings. The highest BCUT2D eigenvalue weighted by Crippen LogP contribution is 2.42. The van der Waals surface area contributed by atoms with E-state index in [1.807, 2.05) is 0 Å². The predicted octanol–water partition coefficient (Wildman–Crippen LogP) is 3.91. The molecule has 16 heavy (non-hydrogen) atoms. The highest BCUT2D eigenvalue weighted by Gasteiger charge is 2.20. The first-order valence-corrected chi connectivity index (χ1v) is 6.05. The molecule has 1 nitrogen and oxygen atoms in total. The Hall–Kier alpha value is -1.25. The van der Waals surface area contributed by atoms with E-state index >= 15 is 0 Å². The van der Waals surface area contributed by atoms with Gasteiger partial charge in [-0.25, -0.2) is 0 Å². The molecule has 3 rings (SSSR count). The van der Waals surface area contributed by atoms with Gasteiger partial charge in [-0.15, -0.1) is 0 Å². The Morgan fingerprint density at radius 3 is 2.69 bits per heavy atom. The van der Waals surface area contributed by atoms with Crippen LogP contribution in [0.5, 0.6) is 0 Å². The number of hydrogen-bond acceptors (Lipinski definition) is 2. The molecule has 0 N–H and O–H groups in total. The number of hydrogen-bond donors (Lipinski definition) is 0. The van der Waals surface area contributed by atoms with Gasteiger partial charge in [-0.3, -0.25) is 0 Å². The zero-order valence-electron chi connectivity index (χ0n) is 9.07. The van der Waals surface area contributed by atoms with Gasteiger partial charge in [0.2, 0.25) is 0 Å². The lowest BCUT2D eigenvalue weighted by Gasteiger charge is -2.06. The summed E-state index contributed by atoms with van der Waals surface area (Å²) in [5, 5.41) is 0. The van der Waals surface area contributed by atoms with Gasteiger partial charge in [0, 0.05) is 22.5 Å². The highest BCUT2D eigenvalue weighted by atomic mass is 32.2. The maximum absolute atomic E-state index is 5.18. The molecule has 0 spiro atoms. The van der Waals surface area contributed by atoms with Crippen molar-refractivity contribution in [2.75, 3.05) is 7.11 Å². The summed E-state index contributed by atoms with van der Waals surface area (Å²) in [4.78, 5) is 1.21. The molecule has 1 aliphatic carbocycles. The largest absolute Gasteiger partial charge is 0.314 e. The second-order valence-electron chi connectivity index (χ2n) is 3.87. The second-order valence-corrected chi connectivity index (χ2v) is 4.81. The standard InChI is InChI=1S/C14H12OS/c1-15-16-13-8-4-6-11-9-10-5-2-3-7-12(10)14(11)13/h2-8H,9H2,1H3. The molecule has 0 heterocycles. The minimum Gasteiger partial charge on any atom is -0.314 e. The number of rotatable bonds is 2. The van der Waals surface area contributed by atoms with E-state index in [0.717, 1.165) is 6.42 Å². The summed E-state index contributed by atoms with van der Waals surface area (Å²) in [7, 11) is 1.71. The van der Waals surface area contributed by atoms with Crippen molar-refractivity contribution < 1.29 is 4.18 Å². The Kier molecular flexibility index (Phi) is 2.46. The second kappa shape index (κ2) is 3.96. The lowest BCUT2D eigenvalue weighted by Crippen LogP contribution is -1.83. The fourth-order valence-electron chi connectivity index (χ4n) is 2.31. The Balaban J connectivity index is 2.21. The van der Waals surface area contributed by atoms with Crippen LogP contribution in [0.25, 0.3) is 11.1 Å². The first-order valence-electron chi connectivity index (χ1n) is 5.31. The van der Waals surface area contributed by atoms with Crippen LogP contribution < -0.4 is 0 Å². The van der Waals surface area contributed by atoms with Crippen LogP contribution in [0, 0.1) is 0 Å². The van der Waals surface area contributed by atoms with E-state index in [1.54, 1.807) is 7.11 Å². The Morgan fingerprint density at radius 1 is 1.00 bits per heavy atom. The third-order valence-electron chi connectivity index (χ3n) is 2.95. The van der Waals surface area contributed by atoms with Crippen LogP contribution in [0.4, 0.5) is 0 Å². The van der Waals surface area contributed by atoms with E-state index in [0.29, 0.717) is 0 Å². The summed E-state index contributed by atoms with van der Waals surface area (Å²) in [6.45, 7) is 0. The smallest absolute Gasteiger partial charge is 0.0508 e. The Bertz CT molecular complexity index is 534. The van der Waals surface area contributed by atoms with Crippen molar-refractivity contribution >= 4 is 12.0 Å². The van der Waals surface area contributed by atoms with Crippen LogP contribution >= 0.6 is 12.0 Å². The minimum atomic E-state index is 1.05. The first-order chi connectivity index (χ1) is 7.90. The van der Waals surface area contributed by atoms with E-state index in [1.165, 1.54) is 39.2 Å². The molecule has 2 heteroatoms. The van der Waals surface area contributed by atoms with Gasteiger partial charge in [0.05, 0.1) is 7.11 Å². The summed E-state index contributed by atoms with van der Waals surface area (Å²) in [5.41, 5.74) is 5.53. The van der Waals surface area contributed by atoms with Crippen LogP contribution in [-0.4, -0.2) is 7.11 Å². The van der Waals surface area contributed by atoms with Crippen LogP contribution in [0.2, 0.25) is 0 Å². The molecule has 0 atom stereocenters. The monoisotopic (exact) mass is 228 g/mol. The van der Waals surface area contributed by atoms with Gasteiger partial charge in [0.1, 0.15) is 0 Å². The average molecular weight is 228 g/mol. The normalized spacial score (nSPS) is 12.3. The lowest BCUT2D eigenvalue weighted by atomic mass is 10.1. The number of fused-ring (bicyclic) bond motifs is 3. The molecule has 0 aliphatic heterocycles. The molecular formula is C14H12OS. The molecular weight excluding hydrogens is 216 g/mol. The van der Waals surface area contributed by atoms with Gasteiger partial charge in [0.25, 0.3) is 0 Å². The SMILES string of the molecule is COSc1cccc2c1-c1ccccc1C2. The maximum Gasteiger partial charge on any atom is 0.0508 e. The van der Waals surface area contributed by atoms with Crippen molar-refractivity contribution in [3.05, 3.63) is 53.6 Å². The molecule has 2 aromatic rings. The fraction of sp³-hybridized carbons (Fsp3) is 0.143. The summed E-state index contributed by atoms with van der Waals surface area (Å²) >= 11 is 1.44. The maximum atomic E-state index is 5.18. The van der Waals surface area contributed by atoms with Crippen molar-refractivity contribution in [1.82, 2.24) is 0 Å². The average Bonchev–Trinajstić information content (AvgIpc) is 2.68. The third-order valence-corrected chi connectivity index (χ3v) is 3.64. The molecule has 0 fully saturated rings. The molecule has 0 saturated heterocycles. The van der Waals surface area contributed by atoms with Crippen LogP contribution in [0.3, 0.4) is 0 Å². The molecule has 0 aromatic heterocycles. The Morgan fingerprint density at radius 2 is 1.81 bits per heavy atom. The van der Waals surface area contributed by atoms with Gasteiger partial charge >= 0.3 is 0 Å². The topological polar surface area (TPSA) is 9.23 Å². The number of benzene rings is 2. The quantitative estimate of drug-likeness (QED) is 0.615. The predicted molar refractivity (Wildman–Crippen MR) is 67.6 cm³/mol. The summed E-state index contributed by atoms with van der Waals surface area (Å²) < 4.78 is 5.18. The van der Waals surface area contributed by atoms with Crippen LogP contribution in [-0.2, 0) is 10.6 Å². The fourth-order valence-corrected chi connectivity index (χ4v) is 2.95.